The van der Waals surface area contributed by atoms with Crippen molar-refractivity contribution in [2.45, 2.75) is 13.0 Å². The molecule has 0 saturated carbocycles. The van der Waals surface area contributed by atoms with E-state index in [0.29, 0.717) is 10.0 Å². The molecule has 5 nitrogen and oxygen atoms in total. The number of rotatable bonds is 4. The van der Waals surface area contributed by atoms with Gasteiger partial charge in [-0.2, -0.15) is 0 Å². The smallest absolute Gasteiger partial charge is 0.358 e. The van der Waals surface area contributed by atoms with Gasteiger partial charge in [0.2, 0.25) is 0 Å². The van der Waals surface area contributed by atoms with Crippen LogP contribution in [-0.4, -0.2) is 26.1 Å². The summed E-state index contributed by atoms with van der Waals surface area (Å²) in [4.78, 5) is 10.8. The maximum atomic E-state index is 12.9. The lowest BCUT2D eigenvalue weighted by Crippen LogP contribution is -2.10. The highest BCUT2D eigenvalue weighted by atomic mass is 79.9. The van der Waals surface area contributed by atoms with Gasteiger partial charge in [0.15, 0.2) is 5.69 Å². The van der Waals surface area contributed by atoms with E-state index in [1.807, 2.05) is 0 Å². The summed E-state index contributed by atoms with van der Waals surface area (Å²) in [6, 6.07) is 3.72. The molecule has 20 heavy (non-hydrogen) atoms. The van der Waals surface area contributed by atoms with Crippen molar-refractivity contribution in [3.8, 4) is 0 Å². The van der Waals surface area contributed by atoms with E-state index >= 15 is 0 Å². The summed E-state index contributed by atoms with van der Waals surface area (Å²) in [5.74, 6) is -2.07. The molecule has 0 saturated heterocycles. The SMILES string of the molecule is O=C(O)c1nnn(Cc2ccc(F)cc2Br)c1C(F)F. The number of carboxylic acid groups (broad SMARTS) is 1. The molecule has 1 aromatic carbocycles. The largest absolute Gasteiger partial charge is 0.476 e. The number of hydrogen-bond acceptors (Lipinski definition) is 3. The maximum absolute atomic E-state index is 12.9. The van der Waals surface area contributed by atoms with E-state index in [-0.39, 0.29) is 6.54 Å². The summed E-state index contributed by atoms with van der Waals surface area (Å²) in [5.41, 5.74) is -1.11. The second kappa shape index (κ2) is 5.61. The molecule has 0 aliphatic rings. The van der Waals surface area contributed by atoms with Gasteiger partial charge in [-0.3, -0.25) is 0 Å². The molecule has 1 heterocycles. The van der Waals surface area contributed by atoms with Crippen LogP contribution in [0, 0.1) is 5.82 Å². The summed E-state index contributed by atoms with van der Waals surface area (Å²) in [6.45, 7) is -0.152. The van der Waals surface area contributed by atoms with Gasteiger partial charge in [-0.05, 0) is 17.7 Å². The third kappa shape index (κ3) is 2.82. The standard InChI is InChI=1S/C11H7BrF3N3O2/c12-7-3-6(13)2-1-5(7)4-18-9(10(14)15)8(11(19)20)16-17-18/h1-3,10H,4H2,(H,19,20). The van der Waals surface area contributed by atoms with Crippen LogP contribution in [0.1, 0.15) is 28.2 Å². The highest BCUT2D eigenvalue weighted by molar-refractivity contribution is 9.10. The van der Waals surface area contributed by atoms with Gasteiger partial charge >= 0.3 is 5.97 Å². The molecule has 0 unspecified atom stereocenters. The van der Waals surface area contributed by atoms with Crippen LogP contribution in [0.2, 0.25) is 0 Å². The highest BCUT2D eigenvalue weighted by Crippen LogP contribution is 2.24. The van der Waals surface area contributed by atoms with Crippen LogP contribution < -0.4 is 0 Å². The van der Waals surface area contributed by atoms with Gasteiger partial charge in [0, 0.05) is 4.47 Å². The molecule has 0 radical (unpaired) electrons. The Balaban J connectivity index is 2.41. The van der Waals surface area contributed by atoms with E-state index in [2.05, 4.69) is 26.2 Å². The first-order valence-electron chi connectivity index (χ1n) is 5.29. The fourth-order valence-electron chi connectivity index (χ4n) is 1.62. The minimum Gasteiger partial charge on any atom is -0.476 e. The number of carbonyl (C=O) groups is 1. The van der Waals surface area contributed by atoms with Gasteiger partial charge < -0.3 is 5.11 Å². The lowest BCUT2D eigenvalue weighted by atomic mass is 10.2. The number of alkyl halides is 2. The Labute approximate surface area is 119 Å². The monoisotopic (exact) mass is 349 g/mol. The summed E-state index contributed by atoms with van der Waals surface area (Å²) < 4.78 is 39.9. The first-order valence-corrected chi connectivity index (χ1v) is 6.08. The van der Waals surface area contributed by atoms with Crippen molar-refractivity contribution in [3.63, 3.8) is 0 Å². The Morgan fingerprint density at radius 2 is 2.15 bits per heavy atom. The van der Waals surface area contributed by atoms with Crippen molar-refractivity contribution in [1.29, 1.82) is 0 Å². The fraction of sp³-hybridized carbons (Fsp3) is 0.182. The minimum atomic E-state index is -3.03. The van der Waals surface area contributed by atoms with Crippen molar-refractivity contribution < 1.29 is 23.1 Å². The number of nitrogens with zero attached hydrogens (tertiary/aromatic N) is 3. The van der Waals surface area contributed by atoms with Gasteiger partial charge in [-0.25, -0.2) is 22.6 Å². The summed E-state index contributed by atoms with van der Waals surface area (Å²) in [5, 5.41) is 15.4. The van der Waals surface area contributed by atoms with E-state index in [1.54, 1.807) is 0 Å². The van der Waals surface area contributed by atoms with E-state index in [1.165, 1.54) is 12.1 Å². The normalized spacial score (nSPS) is 11.1. The molecular weight excluding hydrogens is 343 g/mol. The number of aromatic carboxylic acids is 1. The molecule has 0 atom stereocenters. The van der Waals surface area contributed by atoms with Crippen LogP contribution in [-0.2, 0) is 6.54 Å². The Kier molecular flexibility index (Phi) is 4.07. The van der Waals surface area contributed by atoms with Crippen LogP contribution >= 0.6 is 15.9 Å². The van der Waals surface area contributed by atoms with Crippen LogP contribution in [0.5, 0.6) is 0 Å². The van der Waals surface area contributed by atoms with Crippen LogP contribution in [0.15, 0.2) is 22.7 Å². The van der Waals surface area contributed by atoms with Crippen molar-refractivity contribution in [2.24, 2.45) is 0 Å². The van der Waals surface area contributed by atoms with E-state index in [9.17, 15) is 18.0 Å². The topological polar surface area (TPSA) is 68.0 Å². The lowest BCUT2D eigenvalue weighted by molar-refractivity contribution is 0.0675. The van der Waals surface area contributed by atoms with Crippen molar-refractivity contribution in [1.82, 2.24) is 15.0 Å². The molecule has 1 aromatic heterocycles. The molecule has 2 aromatic rings. The van der Waals surface area contributed by atoms with Gasteiger partial charge in [-0.1, -0.05) is 27.2 Å². The quantitative estimate of drug-likeness (QED) is 0.921. The van der Waals surface area contributed by atoms with E-state index in [0.717, 1.165) is 10.7 Å². The summed E-state index contributed by atoms with van der Waals surface area (Å²) in [6.07, 6.45) is -3.03. The summed E-state index contributed by atoms with van der Waals surface area (Å²) >= 11 is 3.10. The first-order chi connectivity index (χ1) is 9.40. The minimum absolute atomic E-state index is 0.152. The van der Waals surface area contributed by atoms with Crippen LogP contribution in [0.25, 0.3) is 0 Å². The maximum Gasteiger partial charge on any atom is 0.358 e. The fourth-order valence-corrected chi connectivity index (χ4v) is 2.09. The molecule has 2 rings (SSSR count). The average molecular weight is 350 g/mol. The zero-order valence-electron chi connectivity index (χ0n) is 9.73. The lowest BCUT2D eigenvalue weighted by Gasteiger charge is -2.08. The molecule has 0 aliphatic heterocycles. The van der Waals surface area contributed by atoms with Gasteiger partial charge in [0.1, 0.15) is 11.5 Å². The number of hydrogen-bond donors (Lipinski definition) is 1. The molecule has 1 N–H and O–H groups in total. The molecule has 0 bridgehead atoms. The van der Waals surface area contributed by atoms with E-state index in [4.69, 9.17) is 5.11 Å². The first kappa shape index (κ1) is 14.5. The predicted molar refractivity (Wildman–Crippen MR) is 65.1 cm³/mol. The molecule has 0 spiro atoms. The molecule has 106 valence electrons. The zero-order chi connectivity index (χ0) is 14.9. The van der Waals surface area contributed by atoms with E-state index < -0.39 is 29.6 Å². The Bertz CT molecular complexity index is 660. The Hall–Kier alpha value is -1.90. The number of aromatic nitrogens is 3. The second-order valence-electron chi connectivity index (χ2n) is 3.82. The third-order valence-electron chi connectivity index (χ3n) is 2.52. The number of benzene rings is 1. The molecular formula is C11H7BrF3N3O2. The Morgan fingerprint density at radius 1 is 1.45 bits per heavy atom. The van der Waals surface area contributed by atoms with Gasteiger partial charge in [0.25, 0.3) is 6.43 Å². The number of carboxylic acids is 1. The molecule has 9 heteroatoms. The zero-order valence-corrected chi connectivity index (χ0v) is 11.3. The average Bonchev–Trinajstić information content (AvgIpc) is 2.76. The van der Waals surface area contributed by atoms with Crippen LogP contribution in [0.3, 0.4) is 0 Å². The predicted octanol–water partition coefficient (Wildman–Crippen LogP) is 2.86. The van der Waals surface area contributed by atoms with Crippen molar-refractivity contribution >= 4 is 21.9 Å². The molecule has 0 fully saturated rings. The third-order valence-corrected chi connectivity index (χ3v) is 3.26. The Morgan fingerprint density at radius 3 is 2.70 bits per heavy atom. The highest BCUT2D eigenvalue weighted by Gasteiger charge is 2.26. The molecule has 0 aliphatic carbocycles. The van der Waals surface area contributed by atoms with Gasteiger partial charge in [0.05, 0.1) is 6.54 Å². The number of halogens is 4. The molecule has 0 amide bonds. The van der Waals surface area contributed by atoms with Gasteiger partial charge in [-0.15, -0.1) is 5.10 Å². The van der Waals surface area contributed by atoms with Crippen LogP contribution in [0.4, 0.5) is 13.2 Å². The van der Waals surface area contributed by atoms with Crippen molar-refractivity contribution in [2.75, 3.05) is 0 Å². The van der Waals surface area contributed by atoms with Crippen molar-refractivity contribution in [3.05, 3.63) is 45.4 Å². The summed E-state index contributed by atoms with van der Waals surface area (Å²) in [7, 11) is 0. The second-order valence-corrected chi connectivity index (χ2v) is 4.68.